The van der Waals surface area contributed by atoms with Crippen molar-refractivity contribution in [2.75, 3.05) is 0 Å². The number of fused-ring (bicyclic) bond motifs is 1. The summed E-state index contributed by atoms with van der Waals surface area (Å²) in [5.41, 5.74) is 0.0314. The van der Waals surface area contributed by atoms with E-state index in [1.54, 1.807) is 0 Å². The van der Waals surface area contributed by atoms with Gasteiger partial charge >= 0.3 is 6.18 Å². The van der Waals surface area contributed by atoms with E-state index in [1.807, 2.05) is 20.8 Å². The number of aromatic amines is 1. The van der Waals surface area contributed by atoms with Crippen LogP contribution in [-0.2, 0) is 11.6 Å². The number of H-pyrrole nitrogens is 1. The Balaban J connectivity index is 2.76. The molecule has 1 heterocycles. The topological polar surface area (TPSA) is 28.7 Å². The smallest absolute Gasteiger partial charge is 0.277 e. The van der Waals surface area contributed by atoms with Crippen molar-refractivity contribution in [3.05, 3.63) is 29.5 Å². The van der Waals surface area contributed by atoms with E-state index in [9.17, 15) is 13.2 Å². The number of hydrogen-bond donors (Lipinski definition) is 1. The van der Waals surface area contributed by atoms with Crippen LogP contribution in [0, 0.1) is 0 Å². The van der Waals surface area contributed by atoms with Gasteiger partial charge in [0.1, 0.15) is 0 Å². The molecule has 1 aromatic heterocycles. The molecule has 17 heavy (non-hydrogen) atoms. The molecule has 0 saturated carbocycles. The summed E-state index contributed by atoms with van der Waals surface area (Å²) in [4.78, 5) is 0. The Bertz CT molecular complexity index is 499. The summed E-state index contributed by atoms with van der Waals surface area (Å²) in [7, 11) is 0. The van der Waals surface area contributed by atoms with Gasteiger partial charge in [-0.2, -0.15) is 18.3 Å². The van der Waals surface area contributed by atoms with Crippen molar-refractivity contribution in [2.24, 2.45) is 0 Å². The zero-order valence-electron chi connectivity index (χ0n) is 9.81. The maximum atomic E-state index is 12.8. The number of alkyl halides is 3. The highest BCUT2D eigenvalue weighted by molar-refractivity contribution is 5.86. The molecule has 0 saturated heterocycles. The molecule has 0 aliphatic rings. The van der Waals surface area contributed by atoms with E-state index in [2.05, 4.69) is 10.2 Å². The lowest BCUT2D eigenvalue weighted by Gasteiger charge is -2.21. The average Bonchev–Trinajstić information content (AvgIpc) is 2.60. The van der Waals surface area contributed by atoms with Crippen LogP contribution in [0.2, 0.25) is 0 Å². The van der Waals surface area contributed by atoms with Crippen molar-refractivity contribution in [2.45, 2.75) is 32.4 Å². The predicted molar refractivity (Wildman–Crippen MR) is 59.8 cm³/mol. The van der Waals surface area contributed by atoms with Crippen LogP contribution < -0.4 is 0 Å². The maximum absolute atomic E-state index is 12.8. The van der Waals surface area contributed by atoms with Crippen molar-refractivity contribution in [3.8, 4) is 0 Å². The monoisotopic (exact) mass is 242 g/mol. The van der Waals surface area contributed by atoms with Crippen LogP contribution in [0.1, 0.15) is 31.9 Å². The van der Waals surface area contributed by atoms with Gasteiger partial charge in [-0.1, -0.05) is 26.8 Å². The van der Waals surface area contributed by atoms with E-state index in [0.717, 1.165) is 11.6 Å². The summed E-state index contributed by atoms with van der Waals surface area (Å²) in [5.74, 6) is 0. The fourth-order valence-corrected chi connectivity index (χ4v) is 1.93. The Kier molecular flexibility index (Phi) is 2.45. The van der Waals surface area contributed by atoms with Crippen LogP contribution >= 0.6 is 0 Å². The minimum Gasteiger partial charge on any atom is -0.277 e. The lowest BCUT2D eigenvalue weighted by molar-refractivity contribution is -0.136. The second-order valence-corrected chi connectivity index (χ2v) is 5.07. The minimum atomic E-state index is -4.36. The molecule has 0 amide bonds. The second kappa shape index (κ2) is 3.48. The summed E-state index contributed by atoms with van der Waals surface area (Å²) in [5, 5.41) is 6.70. The van der Waals surface area contributed by atoms with Crippen molar-refractivity contribution in [3.63, 3.8) is 0 Å². The van der Waals surface area contributed by atoms with Gasteiger partial charge < -0.3 is 0 Å². The number of benzene rings is 1. The van der Waals surface area contributed by atoms with Crippen LogP contribution in [0.5, 0.6) is 0 Å². The van der Waals surface area contributed by atoms with Crippen molar-refractivity contribution < 1.29 is 13.2 Å². The molecule has 2 nitrogen and oxygen atoms in total. The number of aromatic nitrogens is 2. The van der Waals surface area contributed by atoms with Gasteiger partial charge in [0.25, 0.3) is 0 Å². The average molecular weight is 242 g/mol. The summed E-state index contributed by atoms with van der Waals surface area (Å²) < 4.78 is 38.3. The molecule has 0 spiro atoms. The largest absolute Gasteiger partial charge is 0.418 e. The fraction of sp³-hybridized carbons (Fsp3) is 0.417. The Morgan fingerprint density at radius 3 is 2.18 bits per heavy atom. The molecule has 1 aromatic carbocycles. The number of rotatable bonds is 0. The molecule has 0 aliphatic heterocycles. The lowest BCUT2D eigenvalue weighted by Crippen LogP contribution is -2.13. The second-order valence-electron chi connectivity index (χ2n) is 5.07. The molecule has 2 rings (SSSR count). The third-order valence-corrected chi connectivity index (χ3v) is 2.73. The van der Waals surface area contributed by atoms with Gasteiger partial charge in [-0.15, -0.1) is 0 Å². The molecule has 5 heteroatoms. The van der Waals surface area contributed by atoms with E-state index in [-0.39, 0.29) is 10.9 Å². The van der Waals surface area contributed by atoms with Crippen LogP contribution in [0.4, 0.5) is 13.2 Å². The van der Waals surface area contributed by atoms with Gasteiger partial charge in [0.2, 0.25) is 0 Å². The molecule has 2 aromatic rings. The van der Waals surface area contributed by atoms with Crippen LogP contribution in [0.15, 0.2) is 18.3 Å². The number of halogens is 3. The molecule has 0 aliphatic carbocycles. The minimum absolute atomic E-state index is 0.0601. The van der Waals surface area contributed by atoms with E-state index < -0.39 is 11.7 Å². The first-order chi connectivity index (χ1) is 7.71. The van der Waals surface area contributed by atoms with Gasteiger partial charge in [-0.05, 0) is 17.0 Å². The van der Waals surface area contributed by atoms with Crippen molar-refractivity contribution >= 4 is 10.9 Å². The normalized spacial score (nSPS) is 13.3. The van der Waals surface area contributed by atoms with Crippen LogP contribution in [0.25, 0.3) is 10.9 Å². The Morgan fingerprint density at radius 1 is 1.06 bits per heavy atom. The Morgan fingerprint density at radius 2 is 1.65 bits per heavy atom. The highest BCUT2D eigenvalue weighted by Crippen LogP contribution is 2.37. The fourth-order valence-electron chi connectivity index (χ4n) is 1.93. The molecule has 0 unspecified atom stereocenters. The van der Waals surface area contributed by atoms with Crippen LogP contribution in [0.3, 0.4) is 0 Å². The van der Waals surface area contributed by atoms with Gasteiger partial charge in [-0.3, -0.25) is 5.10 Å². The van der Waals surface area contributed by atoms with E-state index in [1.165, 1.54) is 12.3 Å². The van der Waals surface area contributed by atoms with Gasteiger partial charge in [0, 0.05) is 5.39 Å². The SMILES string of the molecule is CC(C)(C)c1ccc(C(F)(F)F)c2[nH]ncc12. The van der Waals surface area contributed by atoms with Crippen molar-refractivity contribution in [1.29, 1.82) is 0 Å². The predicted octanol–water partition coefficient (Wildman–Crippen LogP) is 3.88. The summed E-state index contributed by atoms with van der Waals surface area (Å²) in [6, 6.07) is 2.64. The summed E-state index contributed by atoms with van der Waals surface area (Å²) >= 11 is 0. The standard InChI is InChI=1S/C12H13F3N2/c1-11(2,3)8-4-5-9(12(13,14)15)10-7(8)6-16-17-10/h4-6H,1-3H3,(H,16,17). The number of nitrogens with one attached hydrogen (secondary N) is 1. The quantitative estimate of drug-likeness (QED) is 0.746. The molecule has 0 fully saturated rings. The van der Waals surface area contributed by atoms with Gasteiger partial charge in [0.15, 0.2) is 0 Å². The van der Waals surface area contributed by atoms with Gasteiger partial charge in [-0.25, -0.2) is 0 Å². The molecule has 0 bridgehead atoms. The maximum Gasteiger partial charge on any atom is 0.418 e. The Labute approximate surface area is 96.8 Å². The van der Waals surface area contributed by atoms with Gasteiger partial charge in [0.05, 0.1) is 17.3 Å². The molecular weight excluding hydrogens is 229 g/mol. The van der Waals surface area contributed by atoms with Crippen LogP contribution in [-0.4, -0.2) is 10.2 Å². The third-order valence-electron chi connectivity index (χ3n) is 2.73. The third kappa shape index (κ3) is 2.01. The summed E-state index contributed by atoms with van der Waals surface area (Å²) in [6.45, 7) is 5.88. The first-order valence-corrected chi connectivity index (χ1v) is 5.25. The van der Waals surface area contributed by atoms with Crippen molar-refractivity contribution in [1.82, 2.24) is 10.2 Å². The highest BCUT2D eigenvalue weighted by Gasteiger charge is 2.34. The zero-order valence-corrected chi connectivity index (χ0v) is 9.81. The molecule has 1 N–H and O–H groups in total. The lowest BCUT2D eigenvalue weighted by atomic mass is 9.84. The molecule has 0 atom stereocenters. The highest BCUT2D eigenvalue weighted by atomic mass is 19.4. The number of hydrogen-bond acceptors (Lipinski definition) is 1. The molecular formula is C12H13F3N2. The zero-order chi connectivity index (χ0) is 12.8. The summed E-state index contributed by atoms with van der Waals surface area (Å²) in [6.07, 6.45) is -2.91. The first kappa shape index (κ1) is 12.0. The number of nitrogens with zero attached hydrogens (tertiary/aromatic N) is 1. The molecule has 0 radical (unpaired) electrons. The Hall–Kier alpha value is -1.52. The van der Waals surface area contributed by atoms with E-state index in [4.69, 9.17) is 0 Å². The van der Waals surface area contributed by atoms with E-state index in [0.29, 0.717) is 5.39 Å². The first-order valence-electron chi connectivity index (χ1n) is 5.25. The molecule has 92 valence electrons. The van der Waals surface area contributed by atoms with E-state index >= 15 is 0 Å².